The van der Waals surface area contributed by atoms with Crippen LogP contribution in [0.3, 0.4) is 0 Å². The molecule has 0 aromatic heterocycles. The Hall–Kier alpha value is -1.19. The Morgan fingerprint density at radius 1 is 1.29 bits per heavy atom. The van der Waals surface area contributed by atoms with Crippen molar-refractivity contribution in [3.05, 3.63) is 29.3 Å². The van der Waals surface area contributed by atoms with Crippen LogP contribution in [0.25, 0.3) is 0 Å². The molecular formula is C7H2ClF2NO2S. The van der Waals surface area contributed by atoms with Gasteiger partial charge < -0.3 is 0 Å². The van der Waals surface area contributed by atoms with E-state index in [0.717, 1.165) is 0 Å². The van der Waals surface area contributed by atoms with E-state index in [1.54, 1.807) is 0 Å². The van der Waals surface area contributed by atoms with Crippen LogP contribution in [0.2, 0.25) is 0 Å². The Bertz CT molecular complexity index is 521. The molecule has 74 valence electrons. The summed E-state index contributed by atoms with van der Waals surface area (Å²) in [6, 6.07) is 2.21. The Morgan fingerprint density at radius 3 is 2.29 bits per heavy atom. The maximum atomic E-state index is 12.9. The molecule has 0 atom stereocenters. The van der Waals surface area contributed by atoms with Crippen LogP contribution in [-0.4, -0.2) is 8.42 Å². The van der Waals surface area contributed by atoms with Gasteiger partial charge in [0.05, 0.1) is 5.56 Å². The number of halogens is 3. The Morgan fingerprint density at radius 2 is 1.86 bits per heavy atom. The SMILES string of the molecule is N#Cc1cc(F)c(S(=O)(=O)Cl)cc1F. The molecule has 0 bridgehead atoms. The minimum Gasteiger partial charge on any atom is -0.207 e. The van der Waals surface area contributed by atoms with Gasteiger partial charge in [-0.25, -0.2) is 17.2 Å². The molecular weight excluding hydrogens is 236 g/mol. The Balaban J connectivity index is 3.54. The zero-order valence-electron chi connectivity index (χ0n) is 6.46. The smallest absolute Gasteiger partial charge is 0.207 e. The molecule has 0 fully saturated rings. The summed E-state index contributed by atoms with van der Waals surface area (Å²) in [5, 5.41) is 8.30. The second kappa shape index (κ2) is 3.52. The van der Waals surface area contributed by atoms with Crippen molar-refractivity contribution in [3.63, 3.8) is 0 Å². The van der Waals surface area contributed by atoms with Gasteiger partial charge in [-0.2, -0.15) is 5.26 Å². The Labute approximate surface area is 83.0 Å². The number of benzene rings is 1. The van der Waals surface area contributed by atoms with Crippen molar-refractivity contribution in [1.82, 2.24) is 0 Å². The third-order valence-corrected chi connectivity index (χ3v) is 2.74. The van der Waals surface area contributed by atoms with Crippen molar-refractivity contribution in [1.29, 1.82) is 5.26 Å². The van der Waals surface area contributed by atoms with Gasteiger partial charge in [0.25, 0.3) is 9.05 Å². The van der Waals surface area contributed by atoms with Crippen LogP contribution in [0.5, 0.6) is 0 Å². The van der Waals surface area contributed by atoms with Gasteiger partial charge in [-0.3, -0.25) is 0 Å². The quantitative estimate of drug-likeness (QED) is 0.700. The first-order valence-corrected chi connectivity index (χ1v) is 5.51. The third-order valence-electron chi connectivity index (χ3n) is 1.40. The number of nitrogens with zero attached hydrogens (tertiary/aromatic N) is 1. The van der Waals surface area contributed by atoms with Crippen LogP contribution in [0, 0.1) is 23.0 Å². The first kappa shape index (κ1) is 10.9. The molecule has 0 saturated heterocycles. The van der Waals surface area contributed by atoms with E-state index in [0.29, 0.717) is 12.1 Å². The first-order chi connectivity index (χ1) is 6.36. The van der Waals surface area contributed by atoms with Crippen molar-refractivity contribution in [2.24, 2.45) is 0 Å². The minimum absolute atomic E-state index is 0.371. The lowest BCUT2D eigenvalue weighted by Gasteiger charge is -1.99. The maximum Gasteiger partial charge on any atom is 0.264 e. The molecule has 0 unspecified atom stereocenters. The summed E-state index contributed by atoms with van der Waals surface area (Å²) in [7, 11) is 0.481. The first-order valence-electron chi connectivity index (χ1n) is 3.20. The lowest BCUT2D eigenvalue weighted by molar-refractivity contribution is 0.557. The van der Waals surface area contributed by atoms with E-state index >= 15 is 0 Å². The number of nitriles is 1. The van der Waals surface area contributed by atoms with Gasteiger partial charge >= 0.3 is 0 Å². The minimum atomic E-state index is -4.33. The van der Waals surface area contributed by atoms with Crippen molar-refractivity contribution in [2.45, 2.75) is 4.90 Å². The highest BCUT2D eigenvalue weighted by molar-refractivity contribution is 8.13. The third kappa shape index (κ3) is 2.00. The molecule has 0 radical (unpaired) electrons. The molecule has 0 spiro atoms. The monoisotopic (exact) mass is 237 g/mol. The summed E-state index contributed by atoms with van der Waals surface area (Å²) in [6.07, 6.45) is 0. The fourth-order valence-electron chi connectivity index (χ4n) is 0.801. The van der Waals surface area contributed by atoms with Crippen LogP contribution in [0.1, 0.15) is 5.56 Å². The van der Waals surface area contributed by atoms with Crippen LogP contribution < -0.4 is 0 Å². The van der Waals surface area contributed by atoms with Crippen molar-refractivity contribution >= 4 is 19.7 Å². The van der Waals surface area contributed by atoms with Gasteiger partial charge in [0.1, 0.15) is 22.6 Å². The van der Waals surface area contributed by atoms with E-state index in [1.807, 2.05) is 0 Å². The van der Waals surface area contributed by atoms with E-state index in [2.05, 4.69) is 0 Å². The van der Waals surface area contributed by atoms with E-state index < -0.39 is 31.1 Å². The summed E-state index contributed by atoms with van der Waals surface area (Å²) in [5.41, 5.74) is -0.577. The molecule has 3 nitrogen and oxygen atoms in total. The van der Waals surface area contributed by atoms with E-state index in [4.69, 9.17) is 15.9 Å². The van der Waals surface area contributed by atoms with Crippen molar-refractivity contribution in [2.75, 3.05) is 0 Å². The lowest BCUT2D eigenvalue weighted by Crippen LogP contribution is -1.98. The fourth-order valence-corrected chi connectivity index (χ4v) is 1.69. The van der Waals surface area contributed by atoms with Crippen molar-refractivity contribution in [3.8, 4) is 6.07 Å². The fraction of sp³-hybridized carbons (Fsp3) is 0. The highest BCUT2D eigenvalue weighted by Gasteiger charge is 2.19. The predicted molar refractivity (Wildman–Crippen MR) is 44.1 cm³/mol. The van der Waals surface area contributed by atoms with E-state index in [-0.39, 0.29) is 0 Å². The summed E-state index contributed by atoms with van der Waals surface area (Å²) in [6.45, 7) is 0. The molecule has 0 heterocycles. The number of hydrogen-bond acceptors (Lipinski definition) is 3. The average Bonchev–Trinajstić information content (AvgIpc) is 2.06. The zero-order valence-corrected chi connectivity index (χ0v) is 8.03. The maximum absolute atomic E-state index is 12.9. The molecule has 7 heteroatoms. The van der Waals surface area contributed by atoms with Gasteiger partial charge in [0.2, 0.25) is 0 Å². The van der Waals surface area contributed by atoms with Crippen molar-refractivity contribution < 1.29 is 17.2 Å². The standard InChI is InChI=1S/C7H2ClF2NO2S/c8-14(12,13)7-2-5(9)4(3-11)1-6(7)10/h1-2H. The zero-order chi connectivity index (χ0) is 10.9. The molecule has 1 rings (SSSR count). The molecule has 1 aromatic rings. The van der Waals surface area contributed by atoms with Gasteiger partial charge in [0.15, 0.2) is 0 Å². The highest BCUT2D eigenvalue weighted by atomic mass is 35.7. The summed E-state index contributed by atoms with van der Waals surface area (Å²) in [4.78, 5) is -0.976. The molecule has 0 aliphatic carbocycles. The van der Waals surface area contributed by atoms with Gasteiger partial charge in [-0.15, -0.1) is 0 Å². The molecule has 0 N–H and O–H groups in total. The van der Waals surface area contributed by atoms with Gasteiger partial charge in [-0.05, 0) is 12.1 Å². The van der Waals surface area contributed by atoms with Crippen LogP contribution >= 0.6 is 10.7 Å². The largest absolute Gasteiger partial charge is 0.264 e. The van der Waals surface area contributed by atoms with Crippen LogP contribution in [0.4, 0.5) is 8.78 Å². The molecule has 0 amide bonds. The summed E-state index contributed by atoms with van der Waals surface area (Å²) in [5.74, 6) is -2.38. The van der Waals surface area contributed by atoms with Gasteiger partial charge in [-0.1, -0.05) is 0 Å². The average molecular weight is 238 g/mol. The molecule has 0 saturated carbocycles. The van der Waals surface area contributed by atoms with E-state index in [1.165, 1.54) is 6.07 Å². The predicted octanol–water partition coefficient (Wildman–Crippen LogP) is 1.76. The topological polar surface area (TPSA) is 57.9 Å². The number of rotatable bonds is 1. The van der Waals surface area contributed by atoms with Crippen LogP contribution in [-0.2, 0) is 9.05 Å². The lowest BCUT2D eigenvalue weighted by atomic mass is 10.2. The normalized spacial score (nSPS) is 11.0. The summed E-state index contributed by atoms with van der Waals surface area (Å²) < 4.78 is 47.1. The molecule has 1 aromatic carbocycles. The Kier molecular flexibility index (Phi) is 2.73. The second-order valence-electron chi connectivity index (χ2n) is 2.31. The van der Waals surface area contributed by atoms with Crippen LogP contribution in [0.15, 0.2) is 17.0 Å². The number of hydrogen-bond donors (Lipinski definition) is 0. The summed E-state index contributed by atoms with van der Waals surface area (Å²) >= 11 is 0. The molecule has 0 aliphatic heterocycles. The highest BCUT2D eigenvalue weighted by Crippen LogP contribution is 2.21. The molecule has 0 aliphatic rings. The van der Waals surface area contributed by atoms with E-state index in [9.17, 15) is 17.2 Å². The van der Waals surface area contributed by atoms with Gasteiger partial charge in [0, 0.05) is 10.7 Å². The second-order valence-corrected chi connectivity index (χ2v) is 4.85. The molecule has 14 heavy (non-hydrogen) atoms.